The molecule has 0 fully saturated rings. The predicted octanol–water partition coefficient (Wildman–Crippen LogP) is 2.99. The Labute approximate surface area is 127 Å². The standard InChI is InChI=1S/C11H9Br2N3O2S/c12-7-3-4-10(8(14)6-7)19(17,18)16-9-2-1-5-15-11(9)13/h1-6,16H,14H2. The molecule has 1 aromatic carbocycles. The first-order chi connectivity index (χ1) is 8.90. The molecule has 0 radical (unpaired) electrons. The molecule has 0 aliphatic heterocycles. The van der Waals surface area contributed by atoms with Gasteiger partial charge in [-0.25, -0.2) is 13.4 Å². The van der Waals surface area contributed by atoms with Crippen molar-refractivity contribution >= 4 is 53.3 Å². The van der Waals surface area contributed by atoms with E-state index in [4.69, 9.17) is 5.73 Å². The summed E-state index contributed by atoms with van der Waals surface area (Å²) in [5, 5.41) is 0. The molecule has 0 spiro atoms. The maximum absolute atomic E-state index is 12.2. The van der Waals surface area contributed by atoms with Crippen molar-refractivity contribution in [2.24, 2.45) is 0 Å². The van der Waals surface area contributed by atoms with Crippen LogP contribution in [0.1, 0.15) is 0 Å². The second-order valence-electron chi connectivity index (χ2n) is 3.63. The average molecular weight is 407 g/mol. The quantitative estimate of drug-likeness (QED) is 0.606. The molecule has 0 atom stereocenters. The van der Waals surface area contributed by atoms with E-state index in [-0.39, 0.29) is 10.6 Å². The minimum Gasteiger partial charge on any atom is -0.398 e. The van der Waals surface area contributed by atoms with Crippen LogP contribution in [0, 0.1) is 0 Å². The van der Waals surface area contributed by atoms with Gasteiger partial charge in [-0.1, -0.05) is 15.9 Å². The highest BCUT2D eigenvalue weighted by Crippen LogP contribution is 2.27. The van der Waals surface area contributed by atoms with Crippen molar-refractivity contribution in [3.8, 4) is 0 Å². The van der Waals surface area contributed by atoms with E-state index in [9.17, 15) is 8.42 Å². The number of hydrogen-bond acceptors (Lipinski definition) is 4. The fourth-order valence-corrected chi connectivity index (χ4v) is 3.47. The van der Waals surface area contributed by atoms with Crippen LogP contribution in [-0.2, 0) is 10.0 Å². The van der Waals surface area contributed by atoms with Crippen molar-refractivity contribution in [1.82, 2.24) is 4.98 Å². The highest BCUT2D eigenvalue weighted by molar-refractivity contribution is 9.10. The number of nitrogen functional groups attached to an aromatic ring is 1. The molecule has 0 aliphatic rings. The molecule has 3 N–H and O–H groups in total. The number of anilines is 2. The zero-order valence-corrected chi connectivity index (χ0v) is 13.5. The summed E-state index contributed by atoms with van der Waals surface area (Å²) in [6, 6.07) is 7.82. The van der Waals surface area contributed by atoms with Crippen LogP contribution in [0.5, 0.6) is 0 Å². The van der Waals surface area contributed by atoms with Gasteiger partial charge in [0, 0.05) is 10.7 Å². The third-order valence-electron chi connectivity index (χ3n) is 2.26. The molecule has 19 heavy (non-hydrogen) atoms. The fraction of sp³-hybridized carbons (Fsp3) is 0. The largest absolute Gasteiger partial charge is 0.398 e. The first-order valence-electron chi connectivity index (χ1n) is 5.08. The zero-order chi connectivity index (χ0) is 14.0. The van der Waals surface area contributed by atoms with E-state index in [1.165, 1.54) is 12.1 Å². The van der Waals surface area contributed by atoms with Crippen molar-refractivity contribution in [2.75, 3.05) is 10.5 Å². The number of hydrogen-bond donors (Lipinski definition) is 2. The van der Waals surface area contributed by atoms with Gasteiger partial charge in [0.1, 0.15) is 9.50 Å². The molecule has 1 aromatic heterocycles. The van der Waals surface area contributed by atoms with Crippen molar-refractivity contribution in [1.29, 1.82) is 0 Å². The van der Waals surface area contributed by atoms with Crippen LogP contribution >= 0.6 is 31.9 Å². The van der Waals surface area contributed by atoms with Gasteiger partial charge in [-0.3, -0.25) is 4.72 Å². The summed E-state index contributed by atoms with van der Waals surface area (Å²) in [4.78, 5) is 3.96. The Hall–Kier alpha value is -1.12. The smallest absolute Gasteiger partial charge is 0.264 e. The number of nitrogens with two attached hydrogens (primary N) is 1. The van der Waals surface area contributed by atoms with Gasteiger partial charge in [0.25, 0.3) is 10.0 Å². The molecule has 2 rings (SSSR count). The fourth-order valence-electron chi connectivity index (χ4n) is 1.43. The average Bonchev–Trinajstić information content (AvgIpc) is 2.31. The van der Waals surface area contributed by atoms with Crippen LogP contribution in [0.15, 0.2) is 50.5 Å². The second-order valence-corrected chi connectivity index (χ2v) is 6.95. The Balaban J connectivity index is 2.41. The number of nitrogens with one attached hydrogen (secondary N) is 1. The lowest BCUT2D eigenvalue weighted by molar-refractivity contribution is 0.601. The Morgan fingerprint density at radius 1 is 1.21 bits per heavy atom. The van der Waals surface area contributed by atoms with Gasteiger partial charge in [0.15, 0.2) is 0 Å². The monoisotopic (exact) mass is 405 g/mol. The molecule has 0 saturated carbocycles. The van der Waals surface area contributed by atoms with Gasteiger partial charge in [0.05, 0.1) is 11.4 Å². The zero-order valence-electron chi connectivity index (χ0n) is 9.47. The van der Waals surface area contributed by atoms with Crippen molar-refractivity contribution < 1.29 is 8.42 Å². The van der Waals surface area contributed by atoms with Gasteiger partial charge < -0.3 is 5.73 Å². The lowest BCUT2D eigenvalue weighted by atomic mass is 10.3. The maximum Gasteiger partial charge on any atom is 0.264 e. The van der Waals surface area contributed by atoms with Gasteiger partial charge in [-0.15, -0.1) is 0 Å². The van der Waals surface area contributed by atoms with Crippen molar-refractivity contribution in [2.45, 2.75) is 4.90 Å². The third-order valence-corrected chi connectivity index (χ3v) is 4.83. The summed E-state index contributed by atoms with van der Waals surface area (Å²) < 4.78 is 28.0. The Morgan fingerprint density at radius 2 is 1.95 bits per heavy atom. The highest BCUT2D eigenvalue weighted by Gasteiger charge is 2.18. The first-order valence-corrected chi connectivity index (χ1v) is 8.15. The van der Waals surface area contributed by atoms with Gasteiger partial charge in [0.2, 0.25) is 0 Å². The third kappa shape index (κ3) is 3.26. The minimum absolute atomic E-state index is 0.0199. The number of halogens is 2. The SMILES string of the molecule is Nc1cc(Br)ccc1S(=O)(=O)Nc1cccnc1Br. The summed E-state index contributed by atoms with van der Waals surface area (Å²) in [5.41, 5.74) is 6.24. The summed E-state index contributed by atoms with van der Waals surface area (Å²) in [5.74, 6) is 0. The number of benzene rings is 1. The molecular weight excluding hydrogens is 398 g/mol. The van der Waals surface area contributed by atoms with E-state index in [0.29, 0.717) is 14.8 Å². The number of nitrogens with zero attached hydrogens (tertiary/aromatic N) is 1. The minimum atomic E-state index is -3.75. The number of sulfonamides is 1. The first kappa shape index (κ1) is 14.3. The van der Waals surface area contributed by atoms with Crippen LogP contribution in [0.4, 0.5) is 11.4 Å². The van der Waals surface area contributed by atoms with Crippen LogP contribution in [0.2, 0.25) is 0 Å². The Kier molecular flexibility index (Phi) is 4.12. The number of rotatable bonds is 3. The molecule has 0 aliphatic carbocycles. The van der Waals surface area contributed by atoms with Crippen LogP contribution in [-0.4, -0.2) is 13.4 Å². The predicted molar refractivity (Wildman–Crippen MR) is 81.3 cm³/mol. The Bertz CT molecular complexity index is 720. The van der Waals surface area contributed by atoms with E-state index in [1.807, 2.05) is 0 Å². The molecule has 0 amide bonds. The summed E-state index contributed by atoms with van der Waals surface area (Å²) in [6.07, 6.45) is 1.55. The molecule has 100 valence electrons. The molecule has 5 nitrogen and oxygen atoms in total. The molecule has 8 heteroatoms. The molecule has 1 heterocycles. The van der Waals surface area contributed by atoms with E-state index in [1.54, 1.807) is 24.4 Å². The molecule has 0 bridgehead atoms. The van der Waals surface area contributed by atoms with E-state index < -0.39 is 10.0 Å². The summed E-state index contributed by atoms with van der Waals surface area (Å²) in [6.45, 7) is 0. The second kappa shape index (κ2) is 5.48. The normalized spacial score (nSPS) is 11.3. The highest BCUT2D eigenvalue weighted by atomic mass is 79.9. The molecule has 2 aromatic rings. The van der Waals surface area contributed by atoms with E-state index >= 15 is 0 Å². The summed E-state index contributed by atoms with van der Waals surface area (Å²) >= 11 is 6.40. The maximum atomic E-state index is 12.2. The molecule has 0 unspecified atom stereocenters. The molecule has 0 saturated heterocycles. The van der Waals surface area contributed by atoms with Crippen molar-refractivity contribution in [3.63, 3.8) is 0 Å². The Morgan fingerprint density at radius 3 is 2.58 bits per heavy atom. The van der Waals surface area contributed by atoms with Crippen LogP contribution in [0.25, 0.3) is 0 Å². The lowest BCUT2D eigenvalue weighted by Crippen LogP contribution is -2.15. The number of pyridine rings is 1. The lowest BCUT2D eigenvalue weighted by Gasteiger charge is -2.11. The van der Waals surface area contributed by atoms with Crippen LogP contribution < -0.4 is 10.5 Å². The summed E-state index contributed by atoms with van der Waals surface area (Å²) in [7, 11) is -3.75. The topological polar surface area (TPSA) is 85.1 Å². The van der Waals surface area contributed by atoms with Crippen molar-refractivity contribution in [3.05, 3.63) is 45.6 Å². The van der Waals surface area contributed by atoms with E-state index in [0.717, 1.165) is 0 Å². The molecular formula is C11H9Br2N3O2S. The van der Waals surface area contributed by atoms with Crippen LogP contribution in [0.3, 0.4) is 0 Å². The van der Waals surface area contributed by atoms with E-state index in [2.05, 4.69) is 41.6 Å². The van der Waals surface area contributed by atoms with Gasteiger partial charge in [-0.2, -0.15) is 0 Å². The van der Waals surface area contributed by atoms with Gasteiger partial charge in [-0.05, 0) is 46.3 Å². The van der Waals surface area contributed by atoms with Gasteiger partial charge >= 0.3 is 0 Å². The number of aromatic nitrogens is 1.